The van der Waals surface area contributed by atoms with Gasteiger partial charge in [0, 0.05) is 25.7 Å². The number of morpholine rings is 1. The number of halogens is 2. The number of fused-ring (bicyclic) bond motifs is 1. The van der Waals surface area contributed by atoms with Crippen molar-refractivity contribution in [2.75, 3.05) is 38.6 Å². The van der Waals surface area contributed by atoms with Gasteiger partial charge >= 0.3 is 0 Å². The molecule has 3 rings (SSSR count). The van der Waals surface area contributed by atoms with Crippen LogP contribution in [-0.4, -0.2) is 47.3 Å². The summed E-state index contributed by atoms with van der Waals surface area (Å²) in [5.41, 5.74) is 6.41. The van der Waals surface area contributed by atoms with Gasteiger partial charge in [-0.2, -0.15) is 0 Å². The number of nitrogens with two attached hydrogens (primary N) is 1. The highest BCUT2D eigenvalue weighted by atomic mass is 19.2. The first kappa shape index (κ1) is 14.2. The lowest BCUT2D eigenvalue weighted by Gasteiger charge is -2.30. The number of hydrogen-bond donors (Lipinski definition) is 1. The van der Waals surface area contributed by atoms with Crippen molar-refractivity contribution in [3.05, 3.63) is 23.8 Å². The minimum atomic E-state index is -0.898. The highest BCUT2D eigenvalue weighted by Crippen LogP contribution is 2.27. The molecule has 1 unspecified atom stereocenters. The zero-order valence-electron chi connectivity index (χ0n) is 11.9. The summed E-state index contributed by atoms with van der Waals surface area (Å²) < 4.78 is 34.4. The standard InChI is InChI=1S/C14H18F2N4O/c1-9(8-19-4-6-21-7-5-19)20-13-11(18-14(20)17)3-2-10(15)12(13)16/h2-3,9H,4-8H2,1H3,(H2,17,18). The van der Waals surface area contributed by atoms with Gasteiger partial charge < -0.3 is 15.0 Å². The quantitative estimate of drug-likeness (QED) is 0.938. The number of imidazole rings is 1. The highest BCUT2D eigenvalue weighted by Gasteiger charge is 2.22. The van der Waals surface area contributed by atoms with Crippen molar-refractivity contribution in [2.45, 2.75) is 13.0 Å². The fourth-order valence-corrected chi connectivity index (χ4v) is 2.83. The van der Waals surface area contributed by atoms with Crippen molar-refractivity contribution < 1.29 is 13.5 Å². The van der Waals surface area contributed by atoms with Crippen LogP contribution in [0.25, 0.3) is 11.0 Å². The van der Waals surface area contributed by atoms with Gasteiger partial charge in [-0.25, -0.2) is 13.8 Å². The van der Waals surface area contributed by atoms with E-state index < -0.39 is 11.6 Å². The van der Waals surface area contributed by atoms with Gasteiger partial charge in [0.15, 0.2) is 11.6 Å². The number of rotatable bonds is 3. The second-order valence-corrected chi connectivity index (χ2v) is 5.33. The van der Waals surface area contributed by atoms with Crippen LogP contribution in [0.4, 0.5) is 14.7 Å². The number of ether oxygens (including phenoxy) is 1. The first-order valence-electron chi connectivity index (χ1n) is 6.99. The molecular formula is C14H18F2N4O. The Balaban J connectivity index is 1.94. The first-order valence-corrected chi connectivity index (χ1v) is 6.99. The van der Waals surface area contributed by atoms with Crippen LogP contribution in [0.15, 0.2) is 12.1 Å². The normalized spacial score (nSPS) is 18.2. The van der Waals surface area contributed by atoms with E-state index in [-0.39, 0.29) is 17.5 Å². The van der Waals surface area contributed by atoms with E-state index in [1.165, 1.54) is 6.07 Å². The van der Waals surface area contributed by atoms with Gasteiger partial charge in [0.1, 0.15) is 5.52 Å². The van der Waals surface area contributed by atoms with Gasteiger partial charge in [0.2, 0.25) is 5.95 Å². The molecule has 0 saturated carbocycles. The minimum absolute atomic E-state index is 0.107. The van der Waals surface area contributed by atoms with Gasteiger partial charge in [0.25, 0.3) is 0 Å². The molecule has 0 spiro atoms. The molecule has 1 atom stereocenters. The van der Waals surface area contributed by atoms with E-state index in [9.17, 15) is 8.78 Å². The van der Waals surface area contributed by atoms with E-state index in [0.717, 1.165) is 19.2 Å². The van der Waals surface area contributed by atoms with Crippen LogP contribution in [0.1, 0.15) is 13.0 Å². The monoisotopic (exact) mass is 296 g/mol. The molecular weight excluding hydrogens is 278 g/mol. The smallest absolute Gasteiger partial charge is 0.201 e. The van der Waals surface area contributed by atoms with Crippen LogP contribution in [0.3, 0.4) is 0 Å². The summed E-state index contributed by atoms with van der Waals surface area (Å²) in [7, 11) is 0. The lowest BCUT2D eigenvalue weighted by Crippen LogP contribution is -2.39. The average Bonchev–Trinajstić information content (AvgIpc) is 2.81. The third-order valence-corrected chi connectivity index (χ3v) is 3.84. The maximum Gasteiger partial charge on any atom is 0.201 e. The molecule has 2 heterocycles. The molecule has 0 bridgehead atoms. The molecule has 7 heteroatoms. The molecule has 0 aliphatic carbocycles. The summed E-state index contributed by atoms with van der Waals surface area (Å²) in [4.78, 5) is 6.34. The fourth-order valence-electron chi connectivity index (χ4n) is 2.83. The summed E-state index contributed by atoms with van der Waals surface area (Å²) in [5, 5.41) is 0. The summed E-state index contributed by atoms with van der Waals surface area (Å²) >= 11 is 0. The van der Waals surface area contributed by atoms with Gasteiger partial charge in [-0.05, 0) is 19.1 Å². The Kier molecular flexibility index (Phi) is 3.77. The van der Waals surface area contributed by atoms with E-state index in [0.29, 0.717) is 25.3 Å². The van der Waals surface area contributed by atoms with E-state index in [4.69, 9.17) is 10.5 Å². The second-order valence-electron chi connectivity index (χ2n) is 5.33. The lowest BCUT2D eigenvalue weighted by atomic mass is 10.2. The van der Waals surface area contributed by atoms with Crippen molar-refractivity contribution in [1.82, 2.24) is 14.5 Å². The number of benzene rings is 1. The molecule has 0 amide bonds. The molecule has 1 aromatic carbocycles. The molecule has 21 heavy (non-hydrogen) atoms. The Labute approximate surface area is 121 Å². The van der Waals surface area contributed by atoms with E-state index >= 15 is 0 Å². The lowest BCUT2D eigenvalue weighted by molar-refractivity contribution is 0.0328. The molecule has 1 aliphatic rings. The third kappa shape index (κ3) is 2.58. The van der Waals surface area contributed by atoms with Crippen molar-refractivity contribution in [2.24, 2.45) is 0 Å². The third-order valence-electron chi connectivity index (χ3n) is 3.84. The first-order chi connectivity index (χ1) is 10.1. The summed E-state index contributed by atoms with van der Waals surface area (Å²) in [6.45, 7) is 5.65. The van der Waals surface area contributed by atoms with Crippen molar-refractivity contribution in [3.8, 4) is 0 Å². The van der Waals surface area contributed by atoms with Crippen LogP contribution >= 0.6 is 0 Å². The number of nitrogens with zero attached hydrogens (tertiary/aromatic N) is 3. The van der Waals surface area contributed by atoms with Crippen molar-refractivity contribution >= 4 is 17.0 Å². The van der Waals surface area contributed by atoms with Crippen LogP contribution in [0.2, 0.25) is 0 Å². The maximum atomic E-state index is 14.1. The SMILES string of the molecule is CC(CN1CCOCC1)n1c(N)nc2ccc(F)c(F)c21. The second kappa shape index (κ2) is 5.57. The molecule has 1 aliphatic heterocycles. The van der Waals surface area contributed by atoms with E-state index in [1.807, 2.05) is 6.92 Å². The maximum absolute atomic E-state index is 14.1. The largest absolute Gasteiger partial charge is 0.379 e. The molecule has 1 fully saturated rings. The van der Waals surface area contributed by atoms with Crippen molar-refractivity contribution in [3.63, 3.8) is 0 Å². The molecule has 5 nitrogen and oxygen atoms in total. The Hall–Kier alpha value is -1.73. The van der Waals surface area contributed by atoms with Crippen molar-refractivity contribution in [1.29, 1.82) is 0 Å². The van der Waals surface area contributed by atoms with Crippen LogP contribution < -0.4 is 5.73 Å². The minimum Gasteiger partial charge on any atom is -0.379 e. The predicted octanol–water partition coefficient (Wildman–Crippen LogP) is 1.79. The summed E-state index contributed by atoms with van der Waals surface area (Å²) in [6, 6.07) is 2.41. The van der Waals surface area contributed by atoms with Gasteiger partial charge in [-0.1, -0.05) is 0 Å². The van der Waals surface area contributed by atoms with Crippen LogP contribution in [0, 0.1) is 11.6 Å². The molecule has 1 saturated heterocycles. The Morgan fingerprint density at radius 3 is 2.76 bits per heavy atom. The van der Waals surface area contributed by atoms with Gasteiger partial charge in [0.05, 0.1) is 18.7 Å². The Bertz CT molecular complexity index is 652. The molecule has 114 valence electrons. The number of hydrogen-bond acceptors (Lipinski definition) is 4. The fraction of sp³-hybridized carbons (Fsp3) is 0.500. The van der Waals surface area contributed by atoms with Crippen LogP contribution in [-0.2, 0) is 4.74 Å². The zero-order chi connectivity index (χ0) is 15.0. The summed E-state index contributed by atoms with van der Waals surface area (Å²) in [5.74, 6) is -1.58. The molecule has 2 N–H and O–H groups in total. The Morgan fingerprint density at radius 2 is 2.05 bits per heavy atom. The molecule has 1 aromatic heterocycles. The van der Waals surface area contributed by atoms with E-state index in [2.05, 4.69) is 9.88 Å². The van der Waals surface area contributed by atoms with Gasteiger partial charge in [-0.15, -0.1) is 0 Å². The summed E-state index contributed by atoms with van der Waals surface area (Å²) in [6.07, 6.45) is 0. The zero-order valence-corrected chi connectivity index (χ0v) is 11.9. The Morgan fingerprint density at radius 1 is 1.33 bits per heavy atom. The highest BCUT2D eigenvalue weighted by molar-refractivity contribution is 5.79. The topological polar surface area (TPSA) is 56.3 Å². The predicted molar refractivity (Wildman–Crippen MR) is 76.0 cm³/mol. The molecule has 2 aromatic rings. The van der Waals surface area contributed by atoms with Gasteiger partial charge in [-0.3, -0.25) is 4.90 Å². The molecule has 0 radical (unpaired) electrons. The number of aromatic nitrogens is 2. The van der Waals surface area contributed by atoms with E-state index in [1.54, 1.807) is 4.57 Å². The average molecular weight is 296 g/mol. The number of anilines is 1. The number of nitrogen functional groups attached to an aromatic ring is 1. The van der Waals surface area contributed by atoms with Crippen LogP contribution in [0.5, 0.6) is 0 Å².